The van der Waals surface area contributed by atoms with Crippen molar-refractivity contribution in [3.8, 4) is 17.6 Å². The van der Waals surface area contributed by atoms with Gasteiger partial charge in [0.1, 0.15) is 0 Å². The highest BCUT2D eigenvalue weighted by atomic mass is 35.5. The quantitative estimate of drug-likeness (QED) is 0.328. The molecule has 0 N–H and O–H groups in total. The molecule has 8 heteroatoms. The summed E-state index contributed by atoms with van der Waals surface area (Å²) in [5, 5.41) is 9.79. The summed E-state index contributed by atoms with van der Waals surface area (Å²) in [5.74, 6) is -2.82. The maximum absolute atomic E-state index is 12.3. The van der Waals surface area contributed by atoms with Gasteiger partial charge in [0.2, 0.25) is 0 Å². The molecule has 4 nitrogen and oxygen atoms in total. The molecule has 0 amide bonds. The number of rotatable bonds is 4. The van der Waals surface area contributed by atoms with Gasteiger partial charge in [-0.05, 0) is 41.5 Å². The molecule has 0 saturated heterocycles. The number of halogens is 4. The van der Waals surface area contributed by atoms with Crippen LogP contribution in [-0.2, 0) is 4.79 Å². The van der Waals surface area contributed by atoms with Crippen LogP contribution in [0.1, 0.15) is 11.1 Å². The molecule has 0 atom stereocenters. The zero-order valence-electron chi connectivity index (χ0n) is 13.3. The van der Waals surface area contributed by atoms with E-state index in [0.717, 1.165) is 6.07 Å². The Morgan fingerprint density at radius 3 is 2.50 bits per heavy atom. The van der Waals surface area contributed by atoms with Crippen molar-refractivity contribution in [1.29, 1.82) is 5.26 Å². The number of carbonyl (C=O) groups excluding carboxylic acids is 1. The summed E-state index contributed by atoms with van der Waals surface area (Å²) in [7, 11) is 1.22. The van der Waals surface area contributed by atoms with Crippen LogP contribution in [0.2, 0.25) is 5.02 Å². The second kappa shape index (κ2) is 7.93. The molecule has 0 saturated carbocycles. The van der Waals surface area contributed by atoms with Crippen LogP contribution >= 0.6 is 11.6 Å². The summed E-state index contributed by atoms with van der Waals surface area (Å²) in [4.78, 5) is 11.0. The Morgan fingerprint density at radius 2 is 1.92 bits per heavy atom. The van der Waals surface area contributed by atoms with Gasteiger partial charge >= 0.3 is 12.1 Å². The van der Waals surface area contributed by atoms with Crippen molar-refractivity contribution in [2.45, 2.75) is 6.18 Å². The maximum Gasteiger partial charge on any atom is 0.491 e. The molecule has 0 aliphatic heterocycles. The van der Waals surface area contributed by atoms with Gasteiger partial charge in [-0.3, -0.25) is 0 Å². The van der Waals surface area contributed by atoms with Gasteiger partial charge in [0.05, 0.1) is 18.8 Å². The number of allylic oxidation sites excluding steroid dienone is 1. The van der Waals surface area contributed by atoms with Gasteiger partial charge in [-0.1, -0.05) is 29.8 Å². The second-order valence-corrected chi connectivity index (χ2v) is 5.41. The third kappa shape index (κ3) is 4.77. The Kier molecular flexibility index (Phi) is 5.90. The predicted octanol–water partition coefficient (Wildman–Crippen LogP) is 4.88. The van der Waals surface area contributed by atoms with E-state index in [1.807, 2.05) is 6.07 Å². The molecule has 134 valence electrons. The molecule has 2 aromatic carbocycles. The Hall–Kier alpha value is -2.98. The number of esters is 1. The summed E-state index contributed by atoms with van der Waals surface area (Å²) in [6, 6.07) is 12.6. The molecule has 0 radical (unpaired) electrons. The number of hydrogen-bond donors (Lipinski definition) is 0. The normalized spacial score (nSPS) is 11.6. The molecule has 0 fully saturated rings. The number of methoxy groups -OCH3 is 1. The first-order valence-corrected chi connectivity index (χ1v) is 7.47. The van der Waals surface area contributed by atoms with Crippen molar-refractivity contribution in [3.05, 3.63) is 58.6 Å². The smallest absolute Gasteiger partial charge is 0.491 e. The van der Waals surface area contributed by atoms with Gasteiger partial charge < -0.3 is 9.47 Å². The first-order valence-electron chi connectivity index (χ1n) is 7.09. The van der Waals surface area contributed by atoms with Crippen molar-refractivity contribution in [1.82, 2.24) is 0 Å². The monoisotopic (exact) mass is 381 g/mol. The summed E-state index contributed by atoms with van der Waals surface area (Å²) < 4.78 is 46.2. The minimum absolute atomic E-state index is 0.0836. The molecule has 0 unspecified atom stereocenters. The van der Waals surface area contributed by atoms with Crippen LogP contribution in [0.15, 0.2) is 42.5 Å². The highest BCUT2D eigenvalue weighted by Crippen LogP contribution is 2.32. The van der Waals surface area contributed by atoms with Crippen LogP contribution in [0.25, 0.3) is 11.6 Å². The van der Waals surface area contributed by atoms with Crippen LogP contribution in [-0.4, -0.2) is 19.3 Å². The number of carbonyl (C=O) groups is 1. The molecular weight excluding hydrogens is 371 g/mol. The van der Waals surface area contributed by atoms with Crippen LogP contribution in [0.4, 0.5) is 13.2 Å². The molecule has 0 aliphatic carbocycles. The number of nitrogens with zero attached hydrogens (tertiary/aromatic N) is 1. The Morgan fingerprint density at radius 1 is 1.19 bits per heavy atom. The van der Waals surface area contributed by atoms with E-state index < -0.39 is 12.1 Å². The highest BCUT2D eigenvalue weighted by Gasteiger charge is 2.41. The van der Waals surface area contributed by atoms with E-state index in [1.165, 1.54) is 25.3 Å². The molecule has 0 aromatic heterocycles. The first-order chi connectivity index (χ1) is 12.2. The van der Waals surface area contributed by atoms with Crippen molar-refractivity contribution in [2.75, 3.05) is 7.11 Å². The fraction of sp³-hybridized carbons (Fsp3) is 0.111. The number of alkyl halides is 3. The molecular formula is C18H11ClF3NO3. The van der Waals surface area contributed by atoms with Crippen molar-refractivity contribution in [3.63, 3.8) is 0 Å². The Labute approximate surface area is 152 Å². The van der Waals surface area contributed by atoms with E-state index in [4.69, 9.17) is 16.3 Å². The standard InChI is InChI=1S/C18H11ClF3NO3/c1-25-16-8-11(5-6-15(16)26-17(24)18(20,21)22)7-13(10-23)12-3-2-4-14(19)9-12/h2-9H,1H3/b13-7-. The third-order valence-corrected chi connectivity index (χ3v) is 3.42. The van der Waals surface area contributed by atoms with Crippen molar-refractivity contribution in [2.24, 2.45) is 0 Å². The first kappa shape index (κ1) is 19.3. The van der Waals surface area contributed by atoms with Crippen LogP contribution < -0.4 is 9.47 Å². The summed E-state index contributed by atoms with van der Waals surface area (Å²) in [6.45, 7) is 0. The van der Waals surface area contributed by atoms with Crippen LogP contribution in [0, 0.1) is 11.3 Å². The summed E-state index contributed by atoms with van der Waals surface area (Å²) in [6.07, 6.45) is -3.62. The molecule has 0 bridgehead atoms. The van der Waals surface area contributed by atoms with E-state index in [2.05, 4.69) is 4.74 Å². The lowest BCUT2D eigenvalue weighted by atomic mass is 10.0. The fourth-order valence-corrected chi connectivity index (χ4v) is 2.21. The largest absolute Gasteiger partial charge is 0.493 e. The third-order valence-electron chi connectivity index (χ3n) is 3.19. The second-order valence-electron chi connectivity index (χ2n) is 4.98. The molecule has 26 heavy (non-hydrogen) atoms. The van der Waals surface area contributed by atoms with E-state index in [1.54, 1.807) is 24.3 Å². The lowest BCUT2D eigenvalue weighted by Gasteiger charge is -2.11. The van der Waals surface area contributed by atoms with Gasteiger partial charge in [0.15, 0.2) is 11.5 Å². The SMILES string of the molecule is COc1cc(/C=C(/C#N)c2cccc(Cl)c2)ccc1OC(=O)C(F)(F)F. The lowest BCUT2D eigenvalue weighted by molar-refractivity contribution is -0.189. The van der Waals surface area contributed by atoms with E-state index >= 15 is 0 Å². The van der Waals surface area contributed by atoms with Gasteiger partial charge in [-0.15, -0.1) is 0 Å². The Balaban J connectivity index is 2.36. The van der Waals surface area contributed by atoms with Gasteiger partial charge in [-0.25, -0.2) is 4.79 Å². The lowest BCUT2D eigenvalue weighted by Crippen LogP contribution is -2.28. The van der Waals surface area contributed by atoms with E-state index in [0.29, 0.717) is 16.1 Å². The number of hydrogen-bond acceptors (Lipinski definition) is 4. The molecule has 0 spiro atoms. The van der Waals surface area contributed by atoms with Crippen LogP contribution in [0.5, 0.6) is 11.5 Å². The highest BCUT2D eigenvalue weighted by molar-refractivity contribution is 6.30. The van der Waals surface area contributed by atoms with Crippen LogP contribution in [0.3, 0.4) is 0 Å². The summed E-state index contributed by atoms with van der Waals surface area (Å²) in [5.41, 5.74) is 1.33. The average molecular weight is 382 g/mol. The minimum atomic E-state index is -5.12. The molecule has 2 aromatic rings. The Bertz CT molecular complexity index is 901. The zero-order chi connectivity index (χ0) is 19.3. The van der Waals surface area contributed by atoms with E-state index in [-0.39, 0.29) is 17.1 Å². The van der Waals surface area contributed by atoms with E-state index in [9.17, 15) is 23.2 Å². The van der Waals surface area contributed by atoms with Gasteiger partial charge in [0, 0.05) is 5.02 Å². The number of benzene rings is 2. The molecule has 2 rings (SSSR count). The number of nitriles is 1. The molecule has 0 aliphatic rings. The number of ether oxygens (including phenoxy) is 2. The maximum atomic E-state index is 12.3. The minimum Gasteiger partial charge on any atom is -0.493 e. The van der Waals surface area contributed by atoms with Crippen molar-refractivity contribution >= 4 is 29.2 Å². The predicted molar refractivity (Wildman–Crippen MR) is 89.6 cm³/mol. The average Bonchev–Trinajstić information content (AvgIpc) is 2.59. The van der Waals surface area contributed by atoms with Crippen molar-refractivity contribution < 1.29 is 27.4 Å². The zero-order valence-corrected chi connectivity index (χ0v) is 14.1. The van der Waals surface area contributed by atoms with Gasteiger partial charge in [0.25, 0.3) is 0 Å². The fourth-order valence-electron chi connectivity index (χ4n) is 2.02. The van der Waals surface area contributed by atoms with Gasteiger partial charge in [-0.2, -0.15) is 18.4 Å². The summed E-state index contributed by atoms with van der Waals surface area (Å²) >= 11 is 5.91. The topological polar surface area (TPSA) is 59.3 Å². The molecule has 0 heterocycles.